The number of hydrogen-bond acceptors (Lipinski definition) is 5. The van der Waals surface area contributed by atoms with Crippen LogP contribution in [0.3, 0.4) is 0 Å². The Morgan fingerprint density at radius 3 is 2.44 bits per heavy atom. The van der Waals surface area contributed by atoms with Gasteiger partial charge in [-0.05, 0) is 0 Å². The Morgan fingerprint density at radius 1 is 1.11 bits per heavy atom. The lowest BCUT2D eigenvalue weighted by molar-refractivity contribution is 0.138. The second-order valence-corrected chi connectivity index (χ2v) is 5.42. The fourth-order valence-corrected chi connectivity index (χ4v) is 2.78. The highest BCUT2D eigenvalue weighted by molar-refractivity contribution is 6.33. The zero-order valence-corrected chi connectivity index (χ0v) is 11.5. The van der Waals surface area contributed by atoms with Crippen molar-refractivity contribution in [3.63, 3.8) is 0 Å². The maximum Gasteiger partial charge on any atom is 0.175 e. The molecule has 7 heteroatoms. The molecule has 1 aromatic rings. The molecule has 0 saturated carbocycles. The van der Waals surface area contributed by atoms with E-state index >= 15 is 0 Å². The molecular formula is C11H15Cl2N5. The van der Waals surface area contributed by atoms with Crippen molar-refractivity contribution in [1.82, 2.24) is 20.4 Å². The van der Waals surface area contributed by atoms with E-state index in [4.69, 9.17) is 23.2 Å². The highest BCUT2D eigenvalue weighted by Crippen LogP contribution is 2.26. The average molecular weight is 288 g/mol. The molecule has 0 aliphatic carbocycles. The molecule has 0 spiro atoms. The van der Waals surface area contributed by atoms with Crippen LogP contribution in [0.2, 0.25) is 10.3 Å². The highest BCUT2D eigenvalue weighted by atomic mass is 35.5. The topological polar surface area (TPSA) is 44.3 Å². The van der Waals surface area contributed by atoms with Gasteiger partial charge in [-0.25, -0.2) is 0 Å². The molecule has 2 aliphatic heterocycles. The number of rotatable bonds is 2. The first-order valence-corrected chi connectivity index (χ1v) is 6.88. The lowest BCUT2D eigenvalue weighted by Crippen LogP contribution is -2.61. The van der Waals surface area contributed by atoms with Crippen LogP contribution in [0, 0.1) is 0 Å². The summed E-state index contributed by atoms with van der Waals surface area (Å²) in [7, 11) is 0. The molecule has 0 radical (unpaired) electrons. The largest absolute Gasteiger partial charge is 0.366 e. The van der Waals surface area contributed by atoms with Crippen LogP contribution in [0.15, 0.2) is 6.07 Å². The Balaban J connectivity index is 1.66. The van der Waals surface area contributed by atoms with Gasteiger partial charge in [0, 0.05) is 51.4 Å². The Kier molecular flexibility index (Phi) is 3.56. The minimum atomic E-state index is 0.389. The summed E-state index contributed by atoms with van der Waals surface area (Å²) in [6.07, 6.45) is 0. The van der Waals surface area contributed by atoms with Gasteiger partial charge in [0.1, 0.15) is 0 Å². The fraction of sp³-hybridized carbons (Fsp3) is 0.636. The molecule has 98 valence electrons. The summed E-state index contributed by atoms with van der Waals surface area (Å²) in [5, 5.41) is 11.7. The summed E-state index contributed by atoms with van der Waals surface area (Å²) >= 11 is 11.9. The molecule has 2 aliphatic rings. The summed E-state index contributed by atoms with van der Waals surface area (Å²) in [4.78, 5) is 4.75. The van der Waals surface area contributed by atoms with Gasteiger partial charge in [-0.2, -0.15) is 0 Å². The van der Waals surface area contributed by atoms with Crippen LogP contribution in [0.1, 0.15) is 0 Å². The summed E-state index contributed by atoms with van der Waals surface area (Å²) in [6.45, 7) is 6.26. The van der Waals surface area contributed by atoms with E-state index in [0.717, 1.165) is 45.0 Å². The van der Waals surface area contributed by atoms with E-state index in [9.17, 15) is 0 Å². The third-order valence-corrected chi connectivity index (χ3v) is 4.09. The van der Waals surface area contributed by atoms with E-state index in [1.54, 1.807) is 6.07 Å². The molecular weight excluding hydrogens is 273 g/mol. The molecule has 0 bridgehead atoms. The second kappa shape index (κ2) is 5.17. The standard InChI is InChI=1S/C11H15Cl2N5/c12-10-5-9(11(13)16-15-10)18-3-1-17(2-4-18)8-6-14-7-8/h5,8,14H,1-4,6-7H2. The summed E-state index contributed by atoms with van der Waals surface area (Å²) < 4.78 is 0. The summed E-state index contributed by atoms with van der Waals surface area (Å²) in [5.41, 5.74) is 0.892. The van der Waals surface area contributed by atoms with Gasteiger partial charge in [-0.15, -0.1) is 10.2 Å². The number of halogens is 2. The number of hydrogen-bond donors (Lipinski definition) is 1. The first-order valence-electron chi connectivity index (χ1n) is 6.12. The maximum absolute atomic E-state index is 6.07. The Morgan fingerprint density at radius 2 is 1.83 bits per heavy atom. The van der Waals surface area contributed by atoms with E-state index in [1.807, 2.05) is 0 Å². The molecule has 5 nitrogen and oxygen atoms in total. The average Bonchev–Trinajstić information content (AvgIpc) is 2.31. The molecule has 0 unspecified atom stereocenters. The number of nitrogens with one attached hydrogen (secondary N) is 1. The minimum absolute atomic E-state index is 0.389. The quantitative estimate of drug-likeness (QED) is 0.875. The number of aromatic nitrogens is 2. The molecule has 3 heterocycles. The summed E-state index contributed by atoms with van der Waals surface area (Å²) in [6, 6.07) is 2.50. The van der Waals surface area contributed by atoms with E-state index in [0.29, 0.717) is 16.3 Å². The first kappa shape index (κ1) is 12.4. The van der Waals surface area contributed by atoms with Crippen molar-refractivity contribution < 1.29 is 0 Å². The van der Waals surface area contributed by atoms with Crippen molar-refractivity contribution in [3.8, 4) is 0 Å². The second-order valence-electron chi connectivity index (χ2n) is 4.68. The number of nitrogens with zero attached hydrogens (tertiary/aromatic N) is 4. The van der Waals surface area contributed by atoms with Gasteiger partial charge in [-0.3, -0.25) is 4.90 Å². The fourth-order valence-electron chi connectivity index (χ4n) is 2.43. The molecule has 0 amide bonds. The maximum atomic E-state index is 6.07. The first-order chi connectivity index (χ1) is 8.74. The van der Waals surface area contributed by atoms with Gasteiger partial charge in [0.25, 0.3) is 0 Å². The molecule has 18 heavy (non-hydrogen) atoms. The molecule has 3 rings (SSSR count). The zero-order chi connectivity index (χ0) is 12.5. The van der Waals surface area contributed by atoms with E-state index < -0.39 is 0 Å². The lowest BCUT2D eigenvalue weighted by atomic mass is 10.1. The monoisotopic (exact) mass is 287 g/mol. The minimum Gasteiger partial charge on any atom is -0.366 e. The summed E-state index contributed by atoms with van der Waals surface area (Å²) in [5.74, 6) is 0. The molecule has 2 fully saturated rings. The molecule has 2 saturated heterocycles. The van der Waals surface area contributed by atoms with Gasteiger partial charge in [0.15, 0.2) is 10.3 Å². The van der Waals surface area contributed by atoms with Crippen molar-refractivity contribution in [3.05, 3.63) is 16.4 Å². The van der Waals surface area contributed by atoms with E-state index in [1.165, 1.54) is 0 Å². The van der Waals surface area contributed by atoms with Crippen molar-refractivity contribution >= 4 is 28.9 Å². The molecule has 0 aromatic carbocycles. The third kappa shape index (κ3) is 2.40. The number of anilines is 1. The third-order valence-electron chi connectivity index (χ3n) is 3.63. The van der Waals surface area contributed by atoms with Gasteiger partial charge in [0.05, 0.1) is 5.69 Å². The van der Waals surface area contributed by atoms with Gasteiger partial charge in [0.2, 0.25) is 0 Å². The molecule has 0 atom stereocenters. The predicted octanol–water partition coefficient (Wildman–Crippen LogP) is 0.877. The molecule has 1 N–H and O–H groups in total. The van der Waals surface area contributed by atoms with Gasteiger partial charge >= 0.3 is 0 Å². The van der Waals surface area contributed by atoms with Crippen molar-refractivity contribution in [1.29, 1.82) is 0 Å². The SMILES string of the molecule is Clc1cc(N2CCN(C3CNC3)CC2)c(Cl)nn1. The van der Waals surface area contributed by atoms with Crippen LogP contribution < -0.4 is 10.2 Å². The Labute approximate surface area is 116 Å². The smallest absolute Gasteiger partial charge is 0.175 e. The van der Waals surface area contributed by atoms with E-state index in [-0.39, 0.29) is 0 Å². The van der Waals surface area contributed by atoms with Crippen molar-refractivity contribution in [2.24, 2.45) is 0 Å². The van der Waals surface area contributed by atoms with Crippen LogP contribution in [-0.4, -0.2) is 60.4 Å². The lowest BCUT2D eigenvalue weighted by Gasteiger charge is -2.43. The van der Waals surface area contributed by atoms with Crippen molar-refractivity contribution in [2.75, 3.05) is 44.2 Å². The Bertz CT molecular complexity index is 429. The Hall–Kier alpha value is -0.620. The van der Waals surface area contributed by atoms with Crippen molar-refractivity contribution in [2.45, 2.75) is 6.04 Å². The van der Waals surface area contributed by atoms with Gasteiger partial charge in [-0.1, -0.05) is 23.2 Å². The normalized spacial score (nSPS) is 22.0. The van der Waals surface area contributed by atoms with Crippen LogP contribution in [0.5, 0.6) is 0 Å². The van der Waals surface area contributed by atoms with Crippen LogP contribution in [0.4, 0.5) is 5.69 Å². The van der Waals surface area contributed by atoms with E-state index in [2.05, 4.69) is 25.3 Å². The number of piperazine rings is 1. The van der Waals surface area contributed by atoms with Gasteiger partial charge < -0.3 is 10.2 Å². The highest BCUT2D eigenvalue weighted by Gasteiger charge is 2.28. The van der Waals surface area contributed by atoms with Crippen LogP contribution in [0.25, 0.3) is 0 Å². The van der Waals surface area contributed by atoms with Crippen LogP contribution >= 0.6 is 23.2 Å². The molecule has 1 aromatic heterocycles. The zero-order valence-electron chi connectivity index (χ0n) is 9.94. The van der Waals surface area contributed by atoms with Crippen LogP contribution in [-0.2, 0) is 0 Å². The predicted molar refractivity (Wildman–Crippen MR) is 72.5 cm³/mol.